The molecule has 0 aliphatic carbocycles. The Kier molecular flexibility index (Phi) is 5.78. The van der Waals surface area contributed by atoms with Crippen LogP contribution < -0.4 is 11.1 Å². The first-order valence-electron chi connectivity index (χ1n) is 5.90. The van der Waals surface area contributed by atoms with Gasteiger partial charge in [-0.15, -0.1) is 0 Å². The minimum atomic E-state index is -0.989. The fourth-order valence-corrected chi connectivity index (χ4v) is 1.83. The molecule has 1 aromatic rings. The Morgan fingerprint density at radius 3 is 2.84 bits per heavy atom. The second-order valence-electron chi connectivity index (χ2n) is 4.66. The van der Waals surface area contributed by atoms with Crippen LogP contribution in [0, 0.1) is 0 Å². The molecule has 0 aromatic heterocycles. The molecule has 1 amide bonds. The molecule has 4 N–H and O–H groups in total. The molecule has 1 rings (SSSR count). The normalized spacial score (nSPS) is 13.9. The quantitative estimate of drug-likeness (QED) is 0.691. The number of aliphatic hydroxyl groups is 1. The van der Waals surface area contributed by atoms with Crippen molar-refractivity contribution in [2.24, 2.45) is 0 Å². The van der Waals surface area contributed by atoms with Gasteiger partial charge in [0, 0.05) is 42.4 Å². The van der Waals surface area contributed by atoms with Gasteiger partial charge in [0.25, 0.3) is 5.91 Å². The first-order valence-corrected chi connectivity index (χ1v) is 6.69. The highest BCUT2D eigenvalue weighted by atomic mass is 79.9. The van der Waals surface area contributed by atoms with Gasteiger partial charge in [-0.25, -0.2) is 0 Å². The van der Waals surface area contributed by atoms with Crippen molar-refractivity contribution < 1.29 is 14.6 Å². The van der Waals surface area contributed by atoms with Crippen LogP contribution in [0.4, 0.5) is 5.69 Å². The molecule has 0 heterocycles. The lowest BCUT2D eigenvalue weighted by Gasteiger charge is -2.23. The number of carbonyl (C=O) groups is 1. The first-order chi connectivity index (χ1) is 8.85. The third-order valence-corrected chi connectivity index (χ3v) is 3.42. The van der Waals surface area contributed by atoms with E-state index in [0.717, 1.165) is 0 Å². The fraction of sp³-hybridized carbons (Fsp3) is 0.462. The van der Waals surface area contributed by atoms with E-state index in [4.69, 9.17) is 10.5 Å². The number of benzene rings is 1. The van der Waals surface area contributed by atoms with E-state index in [1.165, 1.54) is 0 Å². The highest BCUT2D eigenvalue weighted by molar-refractivity contribution is 9.10. The average Bonchev–Trinajstić information content (AvgIpc) is 2.37. The molecule has 106 valence electrons. The molecule has 0 saturated carbocycles. The minimum absolute atomic E-state index is 0.164. The molecule has 0 spiro atoms. The number of hydrogen-bond donors (Lipinski definition) is 3. The Labute approximate surface area is 121 Å². The van der Waals surface area contributed by atoms with E-state index >= 15 is 0 Å². The standard InChI is InChI=1S/C13H19BrN2O3/c1-13(18,5-6-19-2)8-16-12(17)9-3-4-11(15)10(14)7-9/h3-4,7,18H,5-6,8,15H2,1-2H3,(H,16,17). The predicted octanol–water partition coefficient (Wildman–Crippen LogP) is 1.55. The number of ether oxygens (including phenoxy) is 1. The fourth-order valence-electron chi connectivity index (χ4n) is 1.45. The summed E-state index contributed by atoms with van der Waals surface area (Å²) in [6, 6.07) is 4.94. The van der Waals surface area contributed by atoms with Crippen molar-refractivity contribution in [1.82, 2.24) is 5.32 Å². The predicted molar refractivity (Wildman–Crippen MR) is 78.0 cm³/mol. The number of nitrogens with one attached hydrogen (secondary N) is 1. The molecule has 6 heteroatoms. The van der Waals surface area contributed by atoms with E-state index in [1.54, 1.807) is 32.2 Å². The lowest BCUT2D eigenvalue weighted by molar-refractivity contribution is 0.0243. The Balaban J connectivity index is 2.57. The lowest BCUT2D eigenvalue weighted by Crippen LogP contribution is -2.41. The Morgan fingerprint density at radius 1 is 1.58 bits per heavy atom. The molecule has 1 aromatic carbocycles. The molecule has 1 unspecified atom stereocenters. The molecule has 5 nitrogen and oxygen atoms in total. The summed E-state index contributed by atoms with van der Waals surface area (Å²) in [6.45, 7) is 2.26. The maximum atomic E-state index is 11.9. The molecule has 0 radical (unpaired) electrons. The molecular formula is C13H19BrN2O3. The van der Waals surface area contributed by atoms with Gasteiger partial charge in [-0.2, -0.15) is 0 Å². The second-order valence-corrected chi connectivity index (χ2v) is 5.51. The van der Waals surface area contributed by atoms with Crippen molar-refractivity contribution in [3.63, 3.8) is 0 Å². The van der Waals surface area contributed by atoms with Gasteiger partial charge in [0.2, 0.25) is 0 Å². The SMILES string of the molecule is COCCC(C)(O)CNC(=O)c1ccc(N)c(Br)c1. The first kappa shape index (κ1) is 15.9. The third-order valence-electron chi connectivity index (χ3n) is 2.74. The summed E-state index contributed by atoms with van der Waals surface area (Å²) in [7, 11) is 1.57. The summed E-state index contributed by atoms with van der Waals surface area (Å²) in [5.74, 6) is -0.251. The van der Waals surface area contributed by atoms with Crippen molar-refractivity contribution in [3.05, 3.63) is 28.2 Å². The minimum Gasteiger partial charge on any atom is -0.398 e. The van der Waals surface area contributed by atoms with Crippen LogP contribution >= 0.6 is 15.9 Å². The van der Waals surface area contributed by atoms with E-state index in [0.29, 0.717) is 28.8 Å². The van der Waals surface area contributed by atoms with Crippen LogP contribution in [0.25, 0.3) is 0 Å². The van der Waals surface area contributed by atoms with Gasteiger partial charge in [0.1, 0.15) is 0 Å². The number of rotatable bonds is 6. The van der Waals surface area contributed by atoms with Crippen LogP contribution in [0.3, 0.4) is 0 Å². The van der Waals surface area contributed by atoms with E-state index in [-0.39, 0.29) is 12.5 Å². The molecule has 0 aliphatic rings. The van der Waals surface area contributed by atoms with Crippen LogP contribution in [-0.2, 0) is 4.74 Å². The summed E-state index contributed by atoms with van der Waals surface area (Å²) in [5.41, 5.74) is 5.73. The van der Waals surface area contributed by atoms with Crippen molar-refractivity contribution in [3.8, 4) is 0 Å². The third kappa shape index (κ3) is 5.18. The average molecular weight is 331 g/mol. The maximum absolute atomic E-state index is 11.9. The van der Waals surface area contributed by atoms with Crippen molar-refractivity contribution in [2.45, 2.75) is 18.9 Å². The number of hydrogen-bond acceptors (Lipinski definition) is 4. The summed E-state index contributed by atoms with van der Waals surface area (Å²) >= 11 is 3.27. The number of carbonyl (C=O) groups excluding carboxylic acids is 1. The number of anilines is 1. The number of halogens is 1. The molecule has 0 aliphatic heterocycles. The van der Waals surface area contributed by atoms with Gasteiger partial charge in [-0.3, -0.25) is 4.79 Å². The zero-order chi connectivity index (χ0) is 14.5. The summed E-state index contributed by atoms with van der Waals surface area (Å²) in [5, 5.41) is 12.7. The monoisotopic (exact) mass is 330 g/mol. The zero-order valence-corrected chi connectivity index (χ0v) is 12.7. The van der Waals surface area contributed by atoms with E-state index in [9.17, 15) is 9.90 Å². The number of nitrogen functional groups attached to an aromatic ring is 1. The van der Waals surface area contributed by atoms with Crippen LogP contribution in [0.15, 0.2) is 22.7 Å². The molecule has 0 saturated heterocycles. The van der Waals surface area contributed by atoms with E-state index < -0.39 is 5.60 Å². The largest absolute Gasteiger partial charge is 0.398 e. The Bertz CT molecular complexity index is 450. The van der Waals surface area contributed by atoms with Crippen LogP contribution in [0.2, 0.25) is 0 Å². The Hall–Kier alpha value is -1.11. The molecule has 0 fully saturated rings. The van der Waals surface area contributed by atoms with Crippen LogP contribution in [0.5, 0.6) is 0 Å². The van der Waals surface area contributed by atoms with Gasteiger partial charge in [0.05, 0.1) is 5.60 Å². The number of nitrogens with two attached hydrogens (primary N) is 1. The van der Waals surface area contributed by atoms with Gasteiger partial charge in [-0.1, -0.05) is 0 Å². The maximum Gasteiger partial charge on any atom is 0.251 e. The summed E-state index contributed by atoms with van der Waals surface area (Å²) in [6.07, 6.45) is 0.454. The van der Waals surface area contributed by atoms with E-state index in [1.807, 2.05) is 0 Å². The number of methoxy groups -OCH3 is 1. The van der Waals surface area contributed by atoms with Gasteiger partial charge in [-0.05, 0) is 41.1 Å². The van der Waals surface area contributed by atoms with Gasteiger partial charge < -0.3 is 20.9 Å². The summed E-state index contributed by atoms with van der Waals surface area (Å²) in [4.78, 5) is 11.9. The van der Waals surface area contributed by atoms with Crippen molar-refractivity contribution >= 4 is 27.5 Å². The van der Waals surface area contributed by atoms with Crippen LogP contribution in [-0.4, -0.2) is 36.9 Å². The molecule has 0 bridgehead atoms. The zero-order valence-electron chi connectivity index (χ0n) is 11.1. The lowest BCUT2D eigenvalue weighted by atomic mass is 10.0. The smallest absolute Gasteiger partial charge is 0.251 e. The highest BCUT2D eigenvalue weighted by Gasteiger charge is 2.21. The topological polar surface area (TPSA) is 84.6 Å². The molecule has 19 heavy (non-hydrogen) atoms. The van der Waals surface area contributed by atoms with Gasteiger partial charge >= 0.3 is 0 Å². The molecular weight excluding hydrogens is 312 g/mol. The number of amides is 1. The van der Waals surface area contributed by atoms with Gasteiger partial charge in [0.15, 0.2) is 0 Å². The van der Waals surface area contributed by atoms with Crippen molar-refractivity contribution in [1.29, 1.82) is 0 Å². The van der Waals surface area contributed by atoms with Crippen LogP contribution in [0.1, 0.15) is 23.7 Å². The highest BCUT2D eigenvalue weighted by Crippen LogP contribution is 2.20. The van der Waals surface area contributed by atoms with Crippen molar-refractivity contribution in [2.75, 3.05) is 26.0 Å². The summed E-state index contributed by atoms with van der Waals surface area (Å²) < 4.78 is 5.58. The Morgan fingerprint density at radius 2 is 2.26 bits per heavy atom. The molecule has 1 atom stereocenters. The second kappa shape index (κ2) is 6.88. The van der Waals surface area contributed by atoms with E-state index in [2.05, 4.69) is 21.2 Å².